The number of aromatic nitrogens is 2. The van der Waals surface area contributed by atoms with E-state index in [4.69, 9.17) is 9.51 Å². The van der Waals surface area contributed by atoms with E-state index in [1.54, 1.807) is 0 Å². The lowest BCUT2D eigenvalue weighted by Gasteiger charge is -2.33. The summed E-state index contributed by atoms with van der Waals surface area (Å²) in [5.74, 6) is 1.12. The average molecular weight is 404 g/mol. The summed E-state index contributed by atoms with van der Waals surface area (Å²) in [6, 6.07) is 14.2. The summed E-state index contributed by atoms with van der Waals surface area (Å²) in [5, 5.41) is 11.8. The molecule has 5 rings (SSSR count). The minimum absolute atomic E-state index is 0.0884. The fraction of sp³-hybridized carbons (Fsp3) is 0.391. The molecule has 30 heavy (non-hydrogen) atoms. The highest BCUT2D eigenvalue weighted by molar-refractivity contribution is 6.07. The Labute approximate surface area is 174 Å². The highest BCUT2D eigenvalue weighted by Gasteiger charge is 2.49. The Morgan fingerprint density at radius 1 is 1.07 bits per heavy atom. The summed E-state index contributed by atoms with van der Waals surface area (Å²) in [7, 11) is 0. The second kappa shape index (κ2) is 6.65. The standard InChI is InChI=1S/C23H24N4O3/c1-22(2,17-9-5-7-14-6-3-4-8-16(14)17)19-24-18(30-27-19)15-10-12-23(13-11-15)20(28)25-21(29)26-23/h3-9,15H,10-13H2,1-2H3,(H2,25,26,28,29). The van der Waals surface area contributed by atoms with Gasteiger partial charge in [0.2, 0.25) is 5.89 Å². The number of hydrogen-bond acceptors (Lipinski definition) is 5. The Morgan fingerprint density at radius 2 is 1.80 bits per heavy atom. The van der Waals surface area contributed by atoms with Gasteiger partial charge in [-0.15, -0.1) is 0 Å². The first-order valence-electron chi connectivity index (χ1n) is 10.3. The third-order valence-electron chi connectivity index (χ3n) is 6.67. The van der Waals surface area contributed by atoms with Crippen LogP contribution in [0.3, 0.4) is 0 Å². The summed E-state index contributed by atoms with van der Waals surface area (Å²) in [5.41, 5.74) is -0.0443. The lowest BCUT2D eigenvalue weighted by Crippen LogP contribution is -2.49. The Hall–Kier alpha value is -3.22. The van der Waals surface area contributed by atoms with E-state index in [0.29, 0.717) is 37.4 Å². The smallest absolute Gasteiger partial charge is 0.322 e. The van der Waals surface area contributed by atoms with Crippen LogP contribution in [0.1, 0.15) is 62.7 Å². The second-order valence-corrected chi connectivity index (χ2v) is 8.87. The van der Waals surface area contributed by atoms with E-state index in [-0.39, 0.29) is 11.8 Å². The quantitative estimate of drug-likeness (QED) is 0.648. The van der Waals surface area contributed by atoms with Crippen LogP contribution in [0.15, 0.2) is 47.0 Å². The van der Waals surface area contributed by atoms with E-state index in [1.165, 1.54) is 10.8 Å². The van der Waals surface area contributed by atoms with Gasteiger partial charge in [-0.1, -0.05) is 47.6 Å². The molecular formula is C23H24N4O3. The van der Waals surface area contributed by atoms with Crippen LogP contribution in [-0.4, -0.2) is 27.6 Å². The van der Waals surface area contributed by atoms with Gasteiger partial charge >= 0.3 is 6.03 Å². The normalized spacial score (nSPS) is 24.3. The topological polar surface area (TPSA) is 97.1 Å². The number of rotatable bonds is 3. The molecule has 0 atom stereocenters. The van der Waals surface area contributed by atoms with Crippen molar-refractivity contribution in [2.75, 3.05) is 0 Å². The predicted octanol–water partition coefficient (Wildman–Crippen LogP) is 3.78. The number of hydrogen-bond donors (Lipinski definition) is 2. The van der Waals surface area contributed by atoms with E-state index >= 15 is 0 Å². The van der Waals surface area contributed by atoms with Crippen LogP contribution in [0.5, 0.6) is 0 Å². The van der Waals surface area contributed by atoms with Crippen molar-refractivity contribution in [1.82, 2.24) is 20.8 Å². The molecule has 0 radical (unpaired) electrons. The molecular weight excluding hydrogens is 380 g/mol. The number of urea groups is 1. The maximum absolute atomic E-state index is 12.2. The summed E-state index contributed by atoms with van der Waals surface area (Å²) < 4.78 is 5.67. The molecule has 2 heterocycles. The SMILES string of the molecule is CC(C)(c1noc(C2CCC3(CC2)NC(=O)NC3=O)n1)c1cccc2ccccc12. The van der Waals surface area contributed by atoms with Crippen molar-refractivity contribution < 1.29 is 14.1 Å². The molecule has 1 spiro atoms. The molecule has 2 fully saturated rings. The van der Waals surface area contributed by atoms with E-state index in [0.717, 1.165) is 5.56 Å². The number of nitrogens with zero attached hydrogens (tertiary/aromatic N) is 2. The summed E-state index contributed by atoms with van der Waals surface area (Å²) in [6.07, 6.45) is 2.56. The first-order valence-corrected chi connectivity index (χ1v) is 10.3. The Balaban J connectivity index is 1.39. The fourth-order valence-electron chi connectivity index (χ4n) is 4.78. The van der Waals surface area contributed by atoms with Crippen LogP contribution in [0.4, 0.5) is 4.79 Å². The van der Waals surface area contributed by atoms with Gasteiger partial charge in [0.25, 0.3) is 5.91 Å². The highest BCUT2D eigenvalue weighted by Crippen LogP contribution is 2.40. The fourth-order valence-corrected chi connectivity index (χ4v) is 4.78. The number of carbonyl (C=O) groups is 2. The van der Waals surface area contributed by atoms with E-state index < -0.39 is 17.0 Å². The molecule has 2 N–H and O–H groups in total. The van der Waals surface area contributed by atoms with Crippen LogP contribution in [-0.2, 0) is 10.2 Å². The lowest BCUT2D eigenvalue weighted by atomic mass is 9.76. The molecule has 0 bridgehead atoms. The third kappa shape index (κ3) is 2.88. The largest absolute Gasteiger partial charge is 0.339 e. The van der Waals surface area contributed by atoms with Crippen LogP contribution in [0.2, 0.25) is 0 Å². The summed E-state index contributed by atoms with van der Waals surface area (Å²) in [4.78, 5) is 28.5. The number of carbonyl (C=O) groups excluding carboxylic acids is 2. The van der Waals surface area contributed by atoms with Crippen LogP contribution in [0, 0.1) is 0 Å². The summed E-state index contributed by atoms with van der Waals surface area (Å²) in [6.45, 7) is 4.22. The molecule has 2 aromatic carbocycles. The van der Waals surface area contributed by atoms with E-state index in [2.05, 4.69) is 60.0 Å². The zero-order valence-corrected chi connectivity index (χ0v) is 17.1. The van der Waals surface area contributed by atoms with E-state index in [1.807, 2.05) is 12.1 Å². The molecule has 7 nitrogen and oxygen atoms in total. The average Bonchev–Trinajstić information content (AvgIpc) is 3.34. The highest BCUT2D eigenvalue weighted by atomic mass is 16.5. The van der Waals surface area contributed by atoms with Crippen molar-refractivity contribution in [3.63, 3.8) is 0 Å². The van der Waals surface area contributed by atoms with Crippen molar-refractivity contribution in [2.24, 2.45) is 0 Å². The molecule has 2 aliphatic rings. The van der Waals surface area contributed by atoms with Gasteiger partial charge in [-0.05, 0) is 55.9 Å². The number of amides is 3. The number of benzene rings is 2. The van der Waals surface area contributed by atoms with Gasteiger partial charge in [-0.2, -0.15) is 4.98 Å². The third-order valence-corrected chi connectivity index (χ3v) is 6.67. The Bertz CT molecular complexity index is 1140. The van der Waals surface area contributed by atoms with Gasteiger partial charge in [0.15, 0.2) is 5.82 Å². The van der Waals surface area contributed by atoms with Gasteiger partial charge < -0.3 is 9.84 Å². The van der Waals surface area contributed by atoms with Gasteiger partial charge in [-0.3, -0.25) is 10.1 Å². The molecule has 7 heteroatoms. The number of imide groups is 1. The van der Waals surface area contributed by atoms with Crippen LogP contribution >= 0.6 is 0 Å². The zero-order chi connectivity index (χ0) is 20.9. The van der Waals surface area contributed by atoms with Crippen LogP contribution in [0.25, 0.3) is 10.8 Å². The molecule has 1 aliphatic heterocycles. The monoisotopic (exact) mass is 404 g/mol. The zero-order valence-electron chi connectivity index (χ0n) is 17.1. The molecule has 0 unspecified atom stereocenters. The van der Waals surface area contributed by atoms with Crippen LogP contribution < -0.4 is 10.6 Å². The number of fused-ring (bicyclic) bond motifs is 1. The maximum Gasteiger partial charge on any atom is 0.322 e. The van der Waals surface area contributed by atoms with Gasteiger partial charge in [0.1, 0.15) is 5.54 Å². The van der Waals surface area contributed by atoms with Crippen molar-refractivity contribution in [1.29, 1.82) is 0 Å². The van der Waals surface area contributed by atoms with E-state index in [9.17, 15) is 9.59 Å². The number of nitrogens with one attached hydrogen (secondary N) is 2. The maximum atomic E-state index is 12.2. The minimum atomic E-state index is -0.779. The van der Waals surface area contributed by atoms with Crippen molar-refractivity contribution in [3.8, 4) is 0 Å². The van der Waals surface area contributed by atoms with Crippen molar-refractivity contribution in [2.45, 2.75) is 56.4 Å². The van der Waals surface area contributed by atoms with Gasteiger partial charge in [0.05, 0.1) is 5.41 Å². The molecule has 1 saturated carbocycles. The minimum Gasteiger partial charge on any atom is -0.339 e. The molecule has 1 aromatic heterocycles. The van der Waals surface area contributed by atoms with Gasteiger partial charge in [0, 0.05) is 5.92 Å². The second-order valence-electron chi connectivity index (χ2n) is 8.87. The molecule has 154 valence electrons. The van der Waals surface area contributed by atoms with Crippen molar-refractivity contribution >= 4 is 22.7 Å². The molecule has 3 aromatic rings. The van der Waals surface area contributed by atoms with Crippen molar-refractivity contribution in [3.05, 3.63) is 59.7 Å². The molecule has 3 amide bonds. The predicted molar refractivity (Wildman–Crippen MR) is 111 cm³/mol. The van der Waals surface area contributed by atoms with Gasteiger partial charge in [-0.25, -0.2) is 4.79 Å². The Morgan fingerprint density at radius 3 is 2.53 bits per heavy atom. The first kappa shape index (κ1) is 18.8. The summed E-state index contributed by atoms with van der Waals surface area (Å²) >= 11 is 0. The first-order chi connectivity index (χ1) is 14.4. The lowest BCUT2D eigenvalue weighted by molar-refractivity contribution is -0.125. The molecule has 1 saturated heterocycles. The molecule has 1 aliphatic carbocycles. The Kier molecular flexibility index (Phi) is 4.17.